The molecule has 0 aromatic heterocycles. The molecule has 3 aliphatic heterocycles. The summed E-state index contributed by atoms with van der Waals surface area (Å²) in [6, 6.07) is 2.51. The van der Waals surface area contributed by atoms with Crippen LogP contribution < -0.4 is 5.32 Å². The third-order valence-corrected chi connectivity index (χ3v) is 3.83. The van der Waals surface area contributed by atoms with Crippen molar-refractivity contribution in [2.24, 2.45) is 0 Å². The Balaban J connectivity index is 1.79. The Labute approximate surface area is 88.1 Å². The zero-order chi connectivity index (χ0) is 9.97. The molecule has 0 spiro atoms. The third-order valence-electron chi connectivity index (χ3n) is 3.83. The molecule has 2 heteroatoms. The van der Waals surface area contributed by atoms with Crippen molar-refractivity contribution < 1.29 is 0 Å². The number of piperazine rings is 1. The summed E-state index contributed by atoms with van der Waals surface area (Å²) in [4.78, 5) is 2.73. The largest absolute Gasteiger partial charge is 0.309 e. The average molecular weight is 196 g/mol. The maximum absolute atomic E-state index is 3.60. The van der Waals surface area contributed by atoms with Gasteiger partial charge in [-0.3, -0.25) is 4.90 Å². The Morgan fingerprint density at radius 3 is 2.43 bits per heavy atom. The van der Waals surface area contributed by atoms with Gasteiger partial charge in [0.25, 0.3) is 0 Å². The summed E-state index contributed by atoms with van der Waals surface area (Å²) in [5.41, 5.74) is 0. The second-order valence-corrected chi connectivity index (χ2v) is 4.95. The van der Waals surface area contributed by atoms with Gasteiger partial charge >= 0.3 is 0 Å². The van der Waals surface area contributed by atoms with Crippen LogP contribution in [0.5, 0.6) is 0 Å². The lowest BCUT2D eigenvalue weighted by Gasteiger charge is -2.50. The van der Waals surface area contributed by atoms with Gasteiger partial charge in [0.05, 0.1) is 0 Å². The zero-order valence-electron chi connectivity index (χ0n) is 9.63. The first-order valence-electron chi connectivity index (χ1n) is 6.33. The average Bonchev–Trinajstić information content (AvgIpc) is 2.18. The molecular weight excluding hydrogens is 172 g/mol. The zero-order valence-corrected chi connectivity index (χ0v) is 9.63. The minimum Gasteiger partial charge on any atom is -0.309 e. The molecule has 3 saturated heterocycles. The standard InChI is InChI=1S/C12H24N2/c1-3-5-6-12(4-2)14-8-10-7-11(9-14)13-10/h10-13H,3-9H2,1-2H3. The van der Waals surface area contributed by atoms with Crippen molar-refractivity contribution in [2.45, 2.75) is 64.1 Å². The Bertz CT molecular complexity index is 165. The van der Waals surface area contributed by atoms with Crippen molar-refractivity contribution in [2.75, 3.05) is 13.1 Å². The minimum atomic E-state index is 0.824. The molecule has 0 amide bonds. The van der Waals surface area contributed by atoms with Gasteiger partial charge in [-0.05, 0) is 19.3 Å². The molecule has 3 rings (SSSR count). The van der Waals surface area contributed by atoms with Crippen molar-refractivity contribution in [3.8, 4) is 0 Å². The van der Waals surface area contributed by atoms with E-state index in [2.05, 4.69) is 24.1 Å². The van der Waals surface area contributed by atoms with E-state index in [4.69, 9.17) is 0 Å². The Hall–Kier alpha value is -0.0800. The van der Waals surface area contributed by atoms with Crippen molar-refractivity contribution in [3.05, 3.63) is 0 Å². The Morgan fingerprint density at radius 1 is 1.29 bits per heavy atom. The predicted octanol–water partition coefficient (Wildman–Crippen LogP) is 2.00. The lowest BCUT2D eigenvalue weighted by Crippen LogP contribution is -2.68. The van der Waals surface area contributed by atoms with Gasteiger partial charge in [0.2, 0.25) is 0 Å². The number of unbranched alkanes of at least 4 members (excludes halogenated alkanes) is 1. The highest BCUT2D eigenvalue weighted by Gasteiger charge is 2.38. The molecule has 0 aliphatic carbocycles. The fourth-order valence-corrected chi connectivity index (χ4v) is 2.93. The molecule has 2 nitrogen and oxygen atoms in total. The fourth-order valence-electron chi connectivity index (χ4n) is 2.93. The summed E-state index contributed by atoms with van der Waals surface area (Å²) in [6.45, 7) is 7.24. The Kier molecular flexibility index (Phi) is 3.45. The number of hydrogen-bond acceptors (Lipinski definition) is 2. The van der Waals surface area contributed by atoms with E-state index >= 15 is 0 Å². The van der Waals surface area contributed by atoms with Gasteiger partial charge in [-0.1, -0.05) is 26.7 Å². The topological polar surface area (TPSA) is 15.3 Å². The van der Waals surface area contributed by atoms with Gasteiger partial charge in [0, 0.05) is 31.2 Å². The van der Waals surface area contributed by atoms with E-state index in [-0.39, 0.29) is 0 Å². The first-order chi connectivity index (χ1) is 6.83. The smallest absolute Gasteiger partial charge is 0.0213 e. The van der Waals surface area contributed by atoms with E-state index in [1.165, 1.54) is 45.2 Å². The monoisotopic (exact) mass is 196 g/mol. The molecule has 3 heterocycles. The SMILES string of the molecule is CCCCC(CC)N1CC2CC(C1)N2. The lowest BCUT2D eigenvalue weighted by atomic mass is 9.89. The first kappa shape index (κ1) is 10.4. The minimum absolute atomic E-state index is 0.824. The van der Waals surface area contributed by atoms with E-state index in [1.54, 1.807) is 0 Å². The fraction of sp³-hybridized carbons (Fsp3) is 1.00. The van der Waals surface area contributed by atoms with Gasteiger partial charge < -0.3 is 5.32 Å². The number of nitrogens with one attached hydrogen (secondary N) is 1. The predicted molar refractivity (Wildman–Crippen MR) is 60.5 cm³/mol. The van der Waals surface area contributed by atoms with Gasteiger partial charge in [0.15, 0.2) is 0 Å². The molecule has 2 bridgehead atoms. The van der Waals surface area contributed by atoms with E-state index in [9.17, 15) is 0 Å². The highest BCUT2D eigenvalue weighted by molar-refractivity contribution is 4.99. The highest BCUT2D eigenvalue weighted by Crippen LogP contribution is 2.25. The molecule has 3 aliphatic rings. The lowest BCUT2D eigenvalue weighted by molar-refractivity contribution is 0.0406. The molecule has 3 atom stereocenters. The van der Waals surface area contributed by atoms with Crippen LogP contribution in [0, 0.1) is 0 Å². The first-order valence-corrected chi connectivity index (χ1v) is 6.33. The van der Waals surface area contributed by atoms with Gasteiger partial charge in [-0.2, -0.15) is 0 Å². The van der Waals surface area contributed by atoms with Gasteiger partial charge in [-0.15, -0.1) is 0 Å². The van der Waals surface area contributed by atoms with Crippen LogP contribution in [0.25, 0.3) is 0 Å². The maximum Gasteiger partial charge on any atom is 0.0213 e. The van der Waals surface area contributed by atoms with E-state index in [1.807, 2.05) is 0 Å². The normalized spacial score (nSPS) is 33.9. The quantitative estimate of drug-likeness (QED) is 0.723. The van der Waals surface area contributed by atoms with Gasteiger partial charge in [-0.25, -0.2) is 0 Å². The van der Waals surface area contributed by atoms with Crippen LogP contribution in [-0.4, -0.2) is 36.1 Å². The molecule has 3 unspecified atom stereocenters. The summed E-state index contributed by atoms with van der Waals surface area (Å²) in [7, 11) is 0. The number of piperidine rings is 1. The number of rotatable bonds is 5. The molecule has 0 saturated carbocycles. The van der Waals surface area contributed by atoms with Crippen LogP contribution in [0.4, 0.5) is 0 Å². The number of hydrogen-bond donors (Lipinski definition) is 1. The molecule has 3 fully saturated rings. The van der Waals surface area contributed by atoms with Gasteiger partial charge in [0.1, 0.15) is 0 Å². The number of nitrogens with zero attached hydrogens (tertiary/aromatic N) is 1. The van der Waals surface area contributed by atoms with E-state index in [0.29, 0.717) is 0 Å². The van der Waals surface area contributed by atoms with Crippen molar-refractivity contribution in [3.63, 3.8) is 0 Å². The summed E-state index contributed by atoms with van der Waals surface area (Å²) in [5, 5.41) is 3.60. The van der Waals surface area contributed by atoms with Crippen LogP contribution >= 0.6 is 0 Å². The van der Waals surface area contributed by atoms with Crippen molar-refractivity contribution in [1.29, 1.82) is 0 Å². The molecule has 1 N–H and O–H groups in total. The second kappa shape index (κ2) is 4.63. The molecule has 0 aromatic carbocycles. The summed E-state index contributed by atoms with van der Waals surface area (Å²) in [5.74, 6) is 0. The maximum atomic E-state index is 3.60. The molecular formula is C12H24N2. The second-order valence-electron chi connectivity index (χ2n) is 4.95. The van der Waals surface area contributed by atoms with E-state index < -0.39 is 0 Å². The Morgan fingerprint density at radius 2 is 1.93 bits per heavy atom. The van der Waals surface area contributed by atoms with Crippen LogP contribution in [-0.2, 0) is 0 Å². The molecule has 0 aromatic rings. The van der Waals surface area contributed by atoms with Crippen LogP contribution in [0.3, 0.4) is 0 Å². The number of fused-ring (bicyclic) bond motifs is 2. The molecule has 82 valence electrons. The van der Waals surface area contributed by atoms with E-state index in [0.717, 1.165) is 18.1 Å². The van der Waals surface area contributed by atoms with Crippen molar-refractivity contribution in [1.82, 2.24) is 10.2 Å². The molecule has 14 heavy (non-hydrogen) atoms. The van der Waals surface area contributed by atoms with Crippen molar-refractivity contribution >= 4 is 0 Å². The van der Waals surface area contributed by atoms with Crippen LogP contribution in [0.1, 0.15) is 46.0 Å². The summed E-state index contributed by atoms with van der Waals surface area (Å²) < 4.78 is 0. The molecule has 0 radical (unpaired) electrons. The summed E-state index contributed by atoms with van der Waals surface area (Å²) >= 11 is 0. The highest BCUT2D eigenvalue weighted by atomic mass is 15.3. The van der Waals surface area contributed by atoms with Crippen LogP contribution in [0.15, 0.2) is 0 Å². The summed E-state index contributed by atoms with van der Waals surface area (Å²) in [6.07, 6.45) is 6.92. The van der Waals surface area contributed by atoms with Crippen LogP contribution in [0.2, 0.25) is 0 Å². The third kappa shape index (κ3) is 2.12.